The number of rotatable bonds is 22. The maximum absolute atomic E-state index is 14.2. The Hall–Kier alpha value is -4.61. The number of hydrogen-bond donors (Lipinski definition) is 5. The Morgan fingerprint density at radius 1 is 1.11 bits per heavy atom. The maximum atomic E-state index is 14.2. The van der Waals surface area contributed by atoms with Crippen molar-refractivity contribution in [2.45, 2.75) is 152 Å². The third kappa shape index (κ3) is 11.7. The number of likely N-dealkylation sites (N-methyl/N-ethyl adjacent to an activating group) is 1. The molecule has 5 amide bonds. The first-order valence-electron chi connectivity index (χ1n) is 23.6. The Labute approximate surface area is 385 Å². The summed E-state index contributed by atoms with van der Waals surface area (Å²) in [4.78, 5) is 86.3. The number of hydrogen-bond acceptors (Lipinski definition) is 10. The fraction of sp³-hybridized carbons (Fsp3) is 0.667. The predicted octanol–water partition coefficient (Wildman–Crippen LogP) is 4.52. The minimum absolute atomic E-state index is 0.113. The van der Waals surface area contributed by atoms with E-state index in [1.54, 1.807) is 6.08 Å². The number of aromatic nitrogens is 1. The van der Waals surface area contributed by atoms with Crippen LogP contribution in [0.2, 0.25) is 0 Å². The van der Waals surface area contributed by atoms with Gasteiger partial charge in [-0.2, -0.15) is 4.72 Å². The molecule has 2 aromatic rings. The SMILES string of the molecule is C=C[C@@H]1C[C@]1(NC(=O)C1CCCN1C(=O)[C@@H](NC(=O)O[C@@H]1CC1CCCCCc1c(OCCCN(C)CC2CCC(=O)N2)c2ccccc2[nH]c1=O)C(C)(C)C)C(=O)N[S+]([O-])C1(C)CC1. The lowest BCUT2D eigenvalue weighted by Crippen LogP contribution is -2.60. The molecule has 1 aromatic carbocycles. The van der Waals surface area contributed by atoms with Crippen molar-refractivity contribution >= 4 is 52.0 Å². The number of alkyl carbamates (subject to hydrolysis) is 1. The van der Waals surface area contributed by atoms with Crippen molar-refractivity contribution in [1.82, 2.24) is 35.5 Å². The first-order chi connectivity index (χ1) is 30.9. The molecule has 2 aliphatic heterocycles. The molecule has 3 heterocycles. The summed E-state index contributed by atoms with van der Waals surface area (Å²) in [7, 11) is 2.04. The monoisotopic (exact) mass is 919 g/mol. The smallest absolute Gasteiger partial charge is 0.408 e. The third-order valence-corrected chi connectivity index (χ3v) is 15.7. The van der Waals surface area contributed by atoms with Gasteiger partial charge in [0.15, 0.2) is 0 Å². The molecule has 5 N–H and O–H groups in total. The van der Waals surface area contributed by atoms with Gasteiger partial charge < -0.3 is 44.8 Å². The van der Waals surface area contributed by atoms with E-state index < -0.39 is 63.0 Å². The Morgan fingerprint density at radius 2 is 1.88 bits per heavy atom. The van der Waals surface area contributed by atoms with Crippen LogP contribution < -0.4 is 31.0 Å². The molecule has 1 aromatic heterocycles. The van der Waals surface area contributed by atoms with Gasteiger partial charge in [-0.05, 0) is 95.2 Å². The average molecular weight is 920 g/mol. The number of H-pyrrole nitrogens is 1. The van der Waals surface area contributed by atoms with Crippen molar-refractivity contribution in [1.29, 1.82) is 0 Å². The summed E-state index contributed by atoms with van der Waals surface area (Å²) >= 11 is -1.58. The minimum Gasteiger partial charge on any atom is -0.593 e. The summed E-state index contributed by atoms with van der Waals surface area (Å²) in [5.74, 6) is -0.731. The van der Waals surface area contributed by atoms with Crippen molar-refractivity contribution in [3.63, 3.8) is 0 Å². The number of pyridine rings is 1. The Balaban J connectivity index is 0.855. The van der Waals surface area contributed by atoms with E-state index in [4.69, 9.17) is 9.47 Å². The van der Waals surface area contributed by atoms with Gasteiger partial charge >= 0.3 is 6.09 Å². The normalized spacial score (nSPS) is 26.2. The zero-order valence-corrected chi connectivity index (χ0v) is 39.6. The van der Waals surface area contributed by atoms with Crippen molar-refractivity contribution in [3.05, 3.63) is 52.8 Å². The lowest BCUT2D eigenvalue weighted by atomic mass is 9.85. The summed E-state index contributed by atoms with van der Waals surface area (Å²) in [5.41, 5.74) is -0.736. The minimum atomic E-state index is -1.58. The zero-order valence-electron chi connectivity index (χ0n) is 38.8. The van der Waals surface area contributed by atoms with Gasteiger partial charge in [0.25, 0.3) is 11.5 Å². The molecule has 7 rings (SSSR count). The van der Waals surface area contributed by atoms with Gasteiger partial charge in [0.1, 0.15) is 34.2 Å². The van der Waals surface area contributed by atoms with Crippen LogP contribution in [0.5, 0.6) is 5.75 Å². The van der Waals surface area contributed by atoms with E-state index >= 15 is 0 Å². The van der Waals surface area contributed by atoms with Crippen LogP contribution in [0, 0.1) is 17.3 Å². The van der Waals surface area contributed by atoms with Crippen molar-refractivity contribution < 1.29 is 38.0 Å². The Kier molecular flexibility index (Phi) is 14.9. The number of carbonyl (C=O) groups is 5. The maximum Gasteiger partial charge on any atom is 0.408 e. The predicted molar refractivity (Wildman–Crippen MR) is 248 cm³/mol. The highest BCUT2D eigenvalue weighted by Gasteiger charge is 2.63. The summed E-state index contributed by atoms with van der Waals surface area (Å²) in [6.07, 6.45) is 10.5. The van der Waals surface area contributed by atoms with Crippen LogP contribution in [0.3, 0.4) is 0 Å². The number of fused-ring (bicyclic) bond motifs is 1. The van der Waals surface area contributed by atoms with Gasteiger partial charge in [0.2, 0.25) is 17.7 Å². The van der Waals surface area contributed by atoms with E-state index in [2.05, 4.69) is 37.1 Å². The second-order valence-corrected chi connectivity index (χ2v) is 22.1. The number of amides is 5. The highest BCUT2D eigenvalue weighted by atomic mass is 32.2. The number of nitrogens with zero attached hydrogens (tertiary/aromatic N) is 2. The van der Waals surface area contributed by atoms with Crippen LogP contribution >= 0.6 is 0 Å². The molecule has 3 aliphatic carbocycles. The fourth-order valence-electron chi connectivity index (χ4n) is 9.39. The number of unbranched alkanes of at least 4 members (excludes halogenated alkanes) is 2. The summed E-state index contributed by atoms with van der Waals surface area (Å²) in [5, 5.41) is 9.62. The summed E-state index contributed by atoms with van der Waals surface area (Å²) < 4.78 is 27.1. The van der Waals surface area contributed by atoms with Crippen LogP contribution in [0.25, 0.3) is 10.9 Å². The molecular formula is C48H69N7O9S. The number of carbonyl (C=O) groups excluding carboxylic acids is 5. The van der Waals surface area contributed by atoms with Crippen LogP contribution in [0.1, 0.15) is 117 Å². The molecule has 16 nitrogen and oxygen atoms in total. The lowest BCUT2D eigenvalue weighted by molar-refractivity contribution is -0.142. The molecule has 0 spiro atoms. The number of nitrogens with one attached hydrogen (secondary N) is 5. The molecule has 8 atom stereocenters. The molecule has 17 heteroatoms. The molecule has 5 fully saturated rings. The van der Waals surface area contributed by atoms with Gasteiger partial charge in [0.05, 0.1) is 29.0 Å². The number of aromatic amines is 1. The van der Waals surface area contributed by atoms with Crippen molar-refractivity contribution in [2.24, 2.45) is 17.3 Å². The molecule has 4 unspecified atom stereocenters. The molecule has 0 radical (unpaired) electrons. The number of para-hydroxylation sites is 1. The van der Waals surface area contributed by atoms with Crippen LogP contribution in [-0.4, -0.2) is 117 Å². The Bertz CT molecular complexity index is 2170. The molecule has 2 saturated heterocycles. The Morgan fingerprint density at radius 3 is 2.57 bits per heavy atom. The van der Waals surface area contributed by atoms with E-state index in [9.17, 15) is 33.3 Å². The first kappa shape index (κ1) is 48.3. The van der Waals surface area contributed by atoms with Crippen molar-refractivity contribution in [2.75, 3.05) is 33.3 Å². The molecule has 356 valence electrons. The molecule has 65 heavy (non-hydrogen) atoms. The van der Waals surface area contributed by atoms with E-state index in [-0.39, 0.29) is 35.4 Å². The molecule has 5 aliphatic rings. The third-order valence-electron chi connectivity index (χ3n) is 14.0. The van der Waals surface area contributed by atoms with Gasteiger partial charge in [0, 0.05) is 56.2 Å². The van der Waals surface area contributed by atoms with Gasteiger partial charge in [-0.1, -0.05) is 51.8 Å². The summed E-state index contributed by atoms with van der Waals surface area (Å²) in [6, 6.07) is 6.06. The first-order valence-corrected chi connectivity index (χ1v) is 24.8. The lowest BCUT2D eigenvalue weighted by Gasteiger charge is -2.35. The second kappa shape index (κ2) is 20.1. The van der Waals surface area contributed by atoms with Crippen molar-refractivity contribution in [3.8, 4) is 5.75 Å². The van der Waals surface area contributed by atoms with Gasteiger partial charge in [-0.3, -0.25) is 24.0 Å². The topological polar surface area (TPSA) is 214 Å². The van der Waals surface area contributed by atoms with Crippen LogP contribution in [0.4, 0.5) is 4.79 Å². The zero-order chi connectivity index (χ0) is 46.7. The number of benzene rings is 1. The van der Waals surface area contributed by atoms with E-state index in [1.165, 1.54) is 4.90 Å². The fourth-order valence-corrected chi connectivity index (χ4v) is 10.5. The van der Waals surface area contributed by atoms with Crippen LogP contribution in [0.15, 0.2) is 41.7 Å². The van der Waals surface area contributed by atoms with Gasteiger partial charge in [-0.15, -0.1) is 6.58 Å². The molecule has 3 saturated carbocycles. The largest absolute Gasteiger partial charge is 0.593 e. The highest BCUT2D eigenvalue weighted by molar-refractivity contribution is 7.91. The van der Waals surface area contributed by atoms with Gasteiger partial charge in [-0.25, -0.2) is 4.79 Å². The second-order valence-electron chi connectivity index (χ2n) is 20.4. The standard InChI is InChI=1S/C48H69N7O9S/c1-7-31-28-48(31,44(60)53-65(62)47(5)22-23-47)52-42(58)36-19-13-25-55(36)43(59)40(46(2,3)4)51-45(61)64-37-27-30(37)15-9-8-10-17-34-39(33-16-11-12-18-35(33)50-41(34)57)63-26-14-24-54(6)29-32-20-21-38(56)49-32/h7,11-12,16,18,30-32,36-37,40H,1,8-10,13-15,17,19-29H2,2-6H3,(H,49,56)(H,50,57)(H,51,61)(H,52,58)(H,53,60)/t30?,31-,32?,36?,37-,40-,48-,65?/m1/s1. The average Bonchev–Trinajstić information content (AvgIpc) is 4.21. The van der Waals surface area contributed by atoms with E-state index in [1.807, 2.05) is 59.0 Å². The molecule has 0 bridgehead atoms. The quantitative estimate of drug-likeness (QED) is 0.0633. The number of ether oxygens (including phenoxy) is 2. The van der Waals surface area contributed by atoms with E-state index in [0.717, 1.165) is 81.8 Å². The number of likely N-dealkylation sites (tertiary alicyclic amines) is 1. The molecular weight excluding hydrogens is 851 g/mol. The highest BCUT2D eigenvalue weighted by Crippen LogP contribution is 2.47. The summed E-state index contributed by atoms with van der Waals surface area (Å²) in [6.45, 7) is 13.6. The van der Waals surface area contributed by atoms with Crippen LogP contribution in [-0.2, 0) is 41.7 Å². The van der Waals surface area contributed by atoms with E-state index in [0.29, 0.717) is 56.6 Å².